The van der Waals surface area contributed by atoms with Crippen LogP contribution in [0.5, 0.6) is 5.75 Å². The predicted octanol–water partition coefficient (Wildman–Crippen LogP) is 2.58. The monoisotopic (exact) mass is 223 g/mol. The Morgan fingerprint density at radius 2 is 2.07 bits per heavy atom. The molecular formula is C12H17NOS. The van der Waals surface area contributed by atoms with E-state index in [1.807, 2.05) is 6.07 Å². The molecule has 0 spiro atoms. The van der Waals surface area contributed by atoms with E-state index < -0.39 is 0 Å². The van der Waals surface area contributed by atoms with Crippen LogP contribution in [0.4, 0.5) is 0 Å². The number of hydrogen-bond acceptors (Lipinski definition) is 3. The number of benzene rings is 1. The molecule has 3 heteroatoms. The maximum atomic E-state index is 9.94. The van der Waals surface area contributed by atoms with E-state index in [4.69, 9.17) is 0 Å². The zero-order valence-electron chi connectivity index (χ0n) is 8.99. The molecule has 1 saturated heterocycles. The van der Waals surface area contributed by atoms with E-state index in [9.17, 15) is 5.11 Å². The highest BCUT2D eigenvalue weighted by molar-refractivity contribution is 7.98. The average Bonchev–Trinajstić information content (AvgIpc) is 2.29. The molecule has 0 aromatic heterocycles. The summed E-state index contributed by atoms with van der Waals surface area (Å²) in [6.07, 6.45) is 4.33. The Hall–Kier alpha value is -0.670. The third-order valence-corrected chi connectivity index (χ3v) is 3.81. The molecule has 15 heavy (non-hydrogen) atoms. The van der Waals surface area contributed by atoms with Gasteiger partial charge in [0, 0.05) is 10.5 Å². The smallest absolute Gasteiger partial charge is 0.120 e. The summed E-state index contributed by atoms with van der Waals surface area (Å²) in [6, 6.07) is 5.82. The first-order valence-electron chi connectivity index (χ1n) is 5.39. The van der Waals surface area contributed by atoms with E-state index in [-0.39, 0.29) is 0 Å². The first-order chi connectivity index (χ1) is 7.33. The van der Waals surface area contributed by atoms with Gasteiger partial charge in [0.25, 0.3) is 0 Å². The van der Waals surface area contributed by atoms with Gasteiger partial charge >= 0.3 is 0 Å². The summed E-state index contributed by atoms with van der Waals surface area (Å²) in [5.41, 5.74) is 1.16. The first kappa shape index (κ1) is 10.8. The Kier molecular flexibility index (Phi) is 3.54. The fourth-order valence-electron chi connectivity index (χ4n) is 2.23. The molecule has 2 rings (SSSR count). The third kappa shape index (κ3) is 2.29. The van der Waals surface area contributed by atoms with Gasteiger partial charge in [0.2, 0.25) is 0 Å². The SMILES string of the molecule is CSc1cccc(O)c1C1CCNCC1. The van der Waals surface area contributed by atoms with E-state index >= 15 is 0 Å². The van der Waals surface area contributed by atoms with Gasteiger partial charge in [0.1, 0.15) is 5.75 Å². The van der Waals surface area contributed by atoms with Gasteiger partial charge in [-0.1, -0.05) is 6.07 Å². The molecule has 0 saturated carbocycles. The van der Waals surface area contributed by atoms with Crippen LogP contribution in [0.25, 0.3) is 0 Å². The minimum Gasteiger partial charge on any atom is -0.508 e. The lowest BCUT2D eigenvalue weighted by atomic mass is 9.89. The lowest BCUT2D eigenvalue weighted by Crippen LogP contribution is -2.26. The summed E-state index contributed by atoms with van der Waals surface area (Å²) in [7, 11) is 0. The molecule has 1 aliphatic heterocycles. The van der Waals surface area contributed by atoms with Crippen molar-refractivity contribution in [3.8, 4) is 5.75 Å². The second-order valence-electron chi connectivity index (χ2n) is 3.92. The van der Waals surface area contributed by atoms with Gasteiger partial charge in [0.05, 0.1) is 0 Å². The topological polar surface area (TPSA) is 32.3 Å². The van der Waals surface area contributed by atoms with E-state index in [0.29, 0.717) is 11.7 Å². The quantitative estimate of drug-likeness (QED) is 0.756. The van der Waals surface area contributed by atoms with E-state index in [1.165, 1.54) is 4.90 Å². The van der Waals surface area contributed by atoms with Crippen molar-refractivity contribution in [3.05, 3.63) is 23.8 Å². The summed E-state index contributed by atoms with van der Waals surface area (Å²) >= 11 is 1.72. The fourth-order valence-corrected chi connectivity index (χ4v) is 2.94. The van der Waals surface area contributed by atoms with E-state index in [2.05, 4.69) is 17.6 Å². The van der Waals surface area contributed by atoms with Crippen LogP contribution in [0.3, 0.4) is 0 Å². The average molecular weight is 223 g/mol. The number of rotatable bonds is 2. The van der Waals surface area contributed by atoms with Crippen molar-refractivity contribution in [1.29, 1.82) is 0 Å². The van der Waals surface area contributed by atoms with Gasteiger partial charge in [-0.25, -0.2) is 0 Å². The molecule has 1 aliphatic rings. The summed E-state index contributed by atoms with van der Waals surface area (Å²) in [4.78, 5) is 1.22. The van der Waals surface area contributed by atoms with Gasteiger partial charge in [-0.3, -0.25) is 0 Å². The maximum absolute atomic E-state index is 9.94. The van der Waals surface area contributed by atoms with Gasteiger partial charge in [-0.05, 0) is 50.2 Å². The molecule has 2 N–H and O–H groups in total. The minimum absolute atomic E-state index is 0.466. The number of piperidine rings is 1. The summed E-state index contributed by atoms with van der Waals surface area (Å²) in [5.74, 6) is 0.989. The lowest BCUT2D eigenvalue weighted by Gasteiger charge is -2.25. The molecule has 1 aromatic rings. The van der Waals surface area contributed by atoms with Crippen LogP contribution in [0, 0.1) is 0 Å². The molecule has 1 fully saturated rings. The van der Waals surface area contributed by atoms with Crippen LogP contribution < -0.4 is 5.32 Å². The molecule has 0 atom stereocenters. The van der Waals surface area contributed by atoms with Crippen molar-refractivity contribution in [2.75, 3.05) is 19.3 Å². The molecule has 82 valence electrons. The summed E-state index contributed by atoms with van der Waals surface area (Å²) < 4.78 is 0. The Morgan fingerprint density at radius 1 is 1.33 bits per heavy atom. The standard InChI is InChI=1S/C12H17NOS/c1-15-11-4-2-3-10(14)12(11)9-5-7-13-8-6-9/h2-4,9,13-14H,5-8H2,1H3. The van der Waals surface area contributed by atoms with Crippen molar-refractivity contribution >= 4 is 11.8 Å². The molecule has 1 heterocycles. The maximum Gasteiger partial charge on any atom is 0.120 e. The largest absolute Gasteiger partial charge is 0.508 e. The molecule has 0 unspecified atom stereocenters. The number of phenolic OH excluding ortho intramolecular Hbond substituents is 1. The van der Waals surface area contributed by atoms with Gasteiger partial charge < -0.3 is 10.4 Å². The van der Waals surface area contributed by atoms with Crippen LogP contribution in [-0.4, -0.2) is 24.5 Å². The zero-order valence-corrected chi connectivity index (χ0v) is 9.81. The Balaban J connectivity index is 2.31. The summed E-state index contributed by atoms with van der Waals surface area (Å²) in [5, 5.41) is 13.3. The van der Waals surface area contributed by atoms with Crippen molar-refractivity contribution < 1.29 is 5.11 Å². The minimum atomic E-state index is 0.466. The highest BCUT2D eigenvalue weighted by Gasteiger charge is 2.20. The molecule has 1 aromatic carbocycles. The first-order valence-corrected chi connectivity index (χ1v) is 6.62. The highest BCUT2D eigenvalue weighted by atomic mass is 32.2. The number of nitrogens with one attached hydrogen (secondary N) is 1. The fraction of sp³-hybridized carbons (Fsp3) is 0.500. The highest BCUT2D eigenvalue weighted by Crippen LogP contribution is 2.38. The number of aromatic hydroxyl groups is 1. The van der Waals surface area contributed by atoms with Crippen LogP contribution in [-0.2, 0) is 0 Å². The van der Waals surface area contributed by atoms with Crippen LogP contribution >= 0.6 is 11.8 Å². The molecule has 0 aliphatic carbocycles. The molecule has 2 nitrogen and oxygen atoms in total. The molecular weight excluding hydrogens is 206 g/mol. The van der Waals surface area contributed by atoms with Gasteiger partial charge in [-0.2, -0.15) is 0 Å². The van der Waals surface area contributed by atoms with E-state index in [1.54, 1.807) is 17.8 Å². The van der Waals surface area contributed by atoms with Crippen molar-refractivity contribution in [3.63, 3.8) is 0 Å². The van der Waals surface area contributed by atoms with Crippen LogP contribution in [0.1, 0.15) is 24.3 Å². The Morgan fingerprint density at radius 3 is 2.73 bits per heavy atom. The van der Waals surface area contributed by atoms with Gasteiger partial charge in [-0.15, -0.1) is 11.8 Å². The van der Waals surface area contributed by atoms with Crippen LogP contribution in [0.15, 0.2) is 23.1 Å². The van der Waals surface area contributed by atoms with Gasteiger partial charge in [0.15, 0.2) is 0 Å². The van der Waals surface area contributed by atoms with Crippen molar-refractivity contribution in [1.82, 2.24) is 5.32 Å². The second-order valence-corrected chi connectivity index (χ2v) is 4.77. The molecule has 0 bridgehead atoms. The molecule has 0 radical (unpaired) electrons. The van der Waals surface area contributed by atoms with E-state index in [0.717, 1.165) is 31.5 Å². The number of phenols is 1. The zero-order chi connectivity index (χ0) is 10.7. The number of hydrogen-bond donors (Lipinski definition) is 2. The number of thioether (sulfide) groups is 1. The second kappa shape index (κ2) is 4.90. The lowest BCUT2D eigenvalue weighted by molar-refractivity contribution is 0.419. The van der Waals surface area contributed by atoms with Crippen molar-refractivity contribution in [2.45, 2.75) is 23.7 Å². The van der Waals surface area contributed by atoms with Crippen molar-refractivity contribution in [2.24, 2.45) is 0 Å². The van der Waals surface area contributed by atoms with Crippen LogP contribution in [0.2, 0.25) is 0 Å². The normalized spacial score (nSPS) is 17.9. The Bertz CT molecular complexity index is 334. The third-order valence-electron chi connectivity index (χ3n) is 3.01. The molecule has 0 amide bonds. The Labute approximate surface area is 95.1 Å². The summed E-state index contributed by atoms with van der Waals surface area (Å²) in [6.45, 7) is 2.12. The predicted molar refractivity (Wildman–Crippen MR) is 64.7 cm³/mol.